The first-order chi connectivity index (χ1) is 13.0. The fourth-order valence-corrected chi connectivity index (χ4v) is 3.67. The molecule has 1 atom stereocenters. The Hall–Kier alpha value is -2.73. The highest BCUT2D eigenvalue weighted by Gasteiger charge is 2.24. The fourth-order valence-electron chi connectivity index (χ4n) is 3.51. The third-order valence-electron chi connectivity index (χ3n) is 4.88. The van der Waals surface area contributed by atoms with Crippen molar-refractivity contribution in [3.05, 3.63) is 64.7 Å². The average Bonchev–Trinajstić information content (AvgIpc) is 2.81. The molecule has 0 fully saturated rings. The molecule has 0 bridgehead atoms. The predicted octanol–water partition coefficient (Wildman–Crippen LogP) is 4.33. The van der Waals surface area contributed by atoms with E-state index >= 15 is 0 Å². The van der Waals surface area contributed by atoms with Crippen LogP contribution in [0.2, 0.25) is 5.02 Å². The second-order valence-electron chi connectivity index (χ2n) is 6.65. The third kappa shape index (κ3) is 3.57. The van der Waals surface area contributed by atoms with Crippen molar-refractivity contribution in [2.24, 2.45) is 0 Å². The van der Waals surface area contributed by atoms with Crippen molar-refractivity contribution in [3.63, 3.8) is 0 Å². The van der Waals surface area contributed by atoms with Gasteiger partial charge in [-0.3, -0.25) is 4.79 Å². The summed E-state index contributed by atoms with van der Waals surface area (Å²) in [6.45, 7) is 2.52. The van der Waals surface area contributed by atoms with Gasteiger partial charge in [0.2, 0.25) is 5.91 Å². The first kappa shape index (κ1) is 17.7. The first-order valence-electron chi connectivity index (χ1n) is 8.72. The van der Waals surface area contributed by atoms with Crippen LogP contribution in [0, 0.1) is 5.82 Å². The minimum Gasteiger partial charge on any atom is -0.363 e. The molecule has 1 unspecified atom stereocenters. The average molecular weight is 385 g/mol. The van der Waals surface area contributed by atoms with Gasteiger partial charge in [-0.25, -0.2) is 14.4 Å². The van der Waals surface area contributed by atoms with E-state index in [0.29, 0.717) is 30.4 Å². The molecule has 4 rings (SSSR count). The van der Waals surface area contributed by atoms with Gasteiger partial charge in [-0.15, -0.1) is 0 Å². The number of nitrogens with zero attached hydrogens (tertiary/aromatic N) is 3. The molecule has 27 heavy (non-hydrogen) atoms. The molecule has 0 saturated heterocycles. The number of fused-ring (bicyclic) bond motifs is 2. The van der Waals surface area contributed by atoms with Crippen molar-refractivity contribution in [3.8, 4) is 0 Å². The van der Waals surface area contributed by atoms with Crippen LogP contribution in [0.3, 0.4) is 0 Å². The Balaban J connectivity index is 1.73. The Morgan fingerprint density at radius 1 is 1.26 bits per heavy atom. The number of benzene rings is 2. The van der Waals surface area contributed by atoms with Crippen molar-refractivity contribution in [1.82, 2.24) is 14.9 Å². The Morgan fingerprint density at radius 3 is 2.93 bits per heavy atom. The molecule has 0 aliphatic carbocycles. The minimum atomic E-state index is -0.306. The van der Waals surface area contributed by atoms with Crippen LogP contribution in [0.25, 0.3) is 10.9 Å². The van der Waals surface area contributed by atoms with E-state index in [9.17, 15) is 9.18 Å². The maximum atomic E-state index is 13.8. The van der Waals surface area contributed by atoms with Gasteiger partial charge < -0.3 is 10.2 Å². The van der Waals surface area contributed by atoms with Gasteiger partial charge in [-0.2, -0.15) is 0 Å². The number of hydrogen-bond donors (Lipinski definition) is 1. The van der Waals surface area contributed by atoms with Crippen molar-refractivity contribution in [1.29, 1.82) is 0 Å². The number of carbonyl (C=O) groups excluding carboxylic acids is 1. The molecule has 138 valence electrons. The van der Waals surface area contributed by atoms with Gasteiger partial charge in [0.15, 0.2) is 0 Å². The number of halogens is 2. The van der Waals surface area contributed by atoms with Crippen molar-refractivity contribution < 1.29 is 9.18 Å². The minimum absolute atomic E-state index is 0.0204. The molecule has 0 spiro atoms. The summed E-state index contributed by atoms with van der Waals surface area (Å²) in [6, 6.07) is 10.1. The number of amides is 1. The van der Waals surface area contributed by atoms with Crippen LogP contribution in [0.5, 0.6) is 0 Å². The van der Waals surface area contributed by atoms with Crippen LogP contribution in [-0.2, 0) is 11.3 Å². The van der Waals surface area contributed by atoms with Crippen LogP contribution < -0.4 is 5.32 Å². The Morgan fingerprint density at radius 2 is 2.11 bits per heavy atom. The Labute approximate surface area is 161 Å². The van der Waals surface area contributed by atoms with Crippen molar-refractivity contribution in [2.45, 2.75) is 25.9 Å². The fraction of sp³-hybridized carbons (Fsp3) is 0.250. The highest BCUT2D eigenvalue weighted by Crippen LogP contribution is 2.32. The molecular formula is C20H18ClFN4O. The van der Waals surface area contributed by atoms with E-state index in [1.165, 1.54) is 25.4 Å². The van der Waals surface area contributed by atoms with Crippen LogP contribution in [0.15, 0.2) is 42.7 Å². The molecule has 1 N–H and O–H groups in total. The maximum absolute atomic E-state index is 13.8. The summed E-state index contributed by atoms with van der Waals surface area (Å²) in [5.74, 6) is 0.362. The summed E-state index contributed by atoms with van der Waals surface area (Å²) < 4.78 is 13.8. The van der Waals surface area contributed by atoms with Gasteiger partial charge in [0.1, 0.15) is 18.0 Å². The molecule has 7 heteroatoms. The molecular weight excluding hydrogens is 367 g/mol. The number of rotatable bonds is 2. The smallest absolute Gasteiger partial charge is 0.219 e. The van der Waals surface area contributed by atoms with Gasteiger partial charge >= 0.3 is 0 Å². The standard InChI is InChI=1S/C20H18ClFN4O/c1-12(27)26-7-6-18(16-5-3-15(22)8-13(16)10-26)25-20-17-4-2-14(21)9-19(17)23-11-24-20/h2-5,8-9,11,18H,6-7,10H2,1H3,(H,23,24,25). The quantitative estimate of drug-likeness (QED) is 0.714. The zero-order valence-electron chi connectivity index (χ0n) is 14.7. The molecule has 2 heterocycles. The summed E-state index contributed by atoms with van der Waals surface area (Å²) in [4.78, 5) is 22.3. The zero-order chi connectivity index (χ0) is 19.0. The lowest BCUT2D eigenvalue weighted by atomic mass is 9.99. The van der Waals surface area contributed by atoms with Crippen molar-refractivity contribution >= 4 is 34.2 Å². The van der Waals surface area contributed by atoms with Gasteiger partial charge in [-0.1, -0.05) is 17.7 Å². The molecule has 0 saturated carbocycles. The molecule has 1 amide bonds. The Kier molecular flexibility index (Phi) is 4.66. The number of nitrogens with one attached hydrogen (secondary N) is 1. The topological polar surface area (TPSA) is 58.1 Å². The van der Waals surface area contributed by atoms with Gasteiger partial charge in [0.25, 0.3) is 0 Å². The number of anilines is 1. The summed E-state index contributed by atoms with van der Waals surface area (Å²) in [5.41, 5.74) is 2.53. The van der Waals surface area contributed by atoms with E-state index in [1.807, 2.05) is 6.07 Å². The number of carbonyl (C=O) groups is 1. The van der Waals surface area contributed by atoms with Crippen LogP contribution in [0.1, 0.15) is 30.5 Å². The summed E-state index contributed by atoms with van der Waals surface area (Å²) in [7, 11) is 0. The lowest BCUT2D eigenvalue weighted by Crippen LogP contribution is -2.28. The molecule has 1 aliphatic rings. The van der Waals surface area contributed by atoms with Gasteiger partial charge in [0.05, 0.1) is 11.6 Å². The lowest BCUT2D eigenvalue weighted by Gasteiger charge is -2.20. The Bertz CT molecular complexity index is 1030. The van der Waals surface area contributed by atoms with Crippen LogP contribution in [0.4, 0.5) is 10.2 Å². The van der Waals surface area contributed by atoms with E-state index in [4.69, 9.17) is 11.6 Å². The normalized spacial score (nSPS) is 16.7. The molecule has 1 aliphatic heterocycles. The summed E-state index contributed by atoms with van der Waals surface area (Å²) in [5, 5.41) is 4.93. The van der Waals surface area contributed by atoms with Crippen molar-refractivity contribution in [2.75, 3.05) is 11.9 Å². The van der Waals surface area contributed by atoms with E-state index in [1.54, 1.807) is 23.1 Å². The zero-order valence-corrected chi connectivity index (χ0v) is 15.5. The highest BCUT2D eigenvalue weighted by atomic mass is 35.5. The maximum Gasteiger partial charge on any atom is 0.219 e. The van der Waals surface area contributed by atoms with E-state index in [-0.39, 0.29) is 17.8 Å². The van der Waals surface area contributed by atoms with E-state index in [2.05, 4.69) is 15.3 Å². The highest BCUT2D eigenvalue weighted by molar-refractivity contribution is 6.31. The lowest BCUT2D eigenvalue weighted by molar-refractivity contribution is -0.129. The van der Waals surface area contributed by atoms with Gasteiger partial charge in [0, 0.05) is 30.4 Å². The molecule has 2 aromatic carbocycles. The SMILES string of the molecule is CC(=O)N1CCC(Nc2ncnc3cc(Cl)ccc23)c2ccc(F)cc2C1. The molecule has 5 nitrogen and oxygen atoms in total. The monoisotopic (exact) mass is 384 g/mol. The third-order valence-corrected chi connectivity index (χ3v) is 5.12. The number of hydrogen-bond acceptors (Lipinski definition) is 4. The van der Waals surface area contributed by atoms with Gasteiger partial charge in [-0.05, 0) is 47.9 Å². The molecule has 3 aromatic rings. The second-order valence-corrected chi connectivity index (χ2v) is 7.09. The molecule has 0 radical (unpaired) electrons. The first-order valence-corrected chi connectivity index (χ1v) is 9.09. The summed E-state index contributed by atoms with van der Waals surface area (Å²) >= 11 is 6.06. The molecule has 1 aromatic heterocycles. The van der Waals surface area contributed by atoms with Crippen LogP contribution >= 0.6 is 11.6 Å². The van der Waals surface area contributed by atoms with E-state index in [0.717, 1.165) is 22.0 Å². The largest absolute Gasteiger partial charge is 0.363 e. The predicted molar refractivity (Wildman–Crippen MR) is 103 cm³/mol. The summed E-state index contributed by atoms with van der Waals surface area (Å²) in [6.07, 6.45) is 2.18. The second kappa shape index (κ2) is 7.12. The van der Waals surface area contributed by atoms with E-state index < -0.39 is 0 Å². The van der Waals surface area contributed by atoms with Crippen LogP contribution in [-0.4, -0.2) is 27.3 Å². The number of aromatic nitrogens is 2.